The highest BCUT2D eigenvalue weighted by atomic mass is 32.1. The number of likely N-dealkylation sites (tertiary alicyclic amines) is 2. The lowest BCUT2D eigenvalue weighted by Gasteiger charge is -2.41. The lowest BCUT2D eigenvalue weighted by molar-refractivity contribution is -0.929. The zero-order chi connectivity index (χ0) is 18.9. The van der Waals surface area contributed by atoms with Gasteiger partial charge in [0.15, 0.2) is 6.54 Å². The van der Waals surface area contributed by atoms with Gasteiger partial charge in [0.1, 0.15) is 0 Å². The fraction of sp³-hybridized carbons (Fsp3) is 0.652. The molecule has 5 heteroatoms. The van der Waals surface area contributed by atoms with Crippen molar-refractivity contribution in [3.8, 4) is 0 Å². The van der Waals surface area contributed by atoms with Crippen molar-refractivity contribution in [1.29, 1.82) is 0 Å². The highest BCUT2D eigenvalue weighted by Gasteiger charge is 2.38. The van der Waals surface area contributed by atoms with Crippen LogP contribution in [0.1, 0.15) is 62.3 Å². The molecule has 3 heterocycles. The van der Waals surface area contributed by atoms with Crippen LogP contribution in [0.15, 0.2) is 24.3 Å². The molecule has 1 amide bonds. The summed E-state index contributed by atoms with van der Waals surface area (Å²) in [6.45, 7) is 3.74. The van der Waals surface area contributed by atoms with Crippen LogP contribution in [0.3, 0.4) is 0 Å². The number of piperidine rings is 2. The highest BCUT2D eigenvalue weighted by molar-refractivity contribution is 7.18. The summed E-state index contributed by atoms with van der Waals surface area (Å²) in [5, 5.41) is 1.26. The summed E-state index contributed by atoms with van der Waals surface area (Å²) in [6.07, 6.45) is 10.3. The molecule has 2 saturated heterocycles. The Morgan fingerprint density at radius 3 is 2.71 bits per heavy atom. The van der Waals surface area contributed by atoms with Crippen molar-refractivity contribution >= 4 is 27.5 Å². The Kier molecular flexibility index (Phi) is 5.38. The number of amides is 1. The first-order valence-electron chi connectivity index (χ1n) is 11.3. The van der Waals surface area contributed by atoms with Gasteiger partial charge in [-0.1, -0.05) is 18.6 Å². The third kappa shape index (κ3) is 3.71. The molecule has 1 saturated carbocycles. The van der Waals surface area contributed by atoms with Gasteiger partial charge in [0.05, 0.1) is 27.8 Å². The lowest BCUT2D eigenvalue weighted by Crippen LogP contribution is -3.18. The van der Waals surface area contributed by atoms with Crippen molar-refractivity contribution in [3.05, 3.63) is 29.3 Å². The molecule has 5 rings (SSSR count). The molecular weight excluding hydrogens is 366 g/mol. The zero-order valence-electron chi connectivity index (χ0n) is 16.7. The number of para-hydroxylation sites is 1. The topological polar surface area (TPSA) is 37.6 Å². The standard InChI is InChI=1S/C23H31N3OS/c27-22(16-26-13-5-7-17-6-1-3-9-20(17)26)25-14-11-18(12-15-25)23-24-19-8-2-4-10-21(19)28-23/h2,4,8,10,17-18,20H,1,3,5-7,9,11-16H2/p+1/t17-,20+/m1/s1. The number of benzene rings is 1. The number of thiazole rings is 1. The summed E-state index contributed by atoms with van der Waals surface area (Å²) in [7, 11) is 0. The molecule has 3 aliphatic rings. The average Bonchev–Trinajstić information content (AvgIpc) is 3.18. The number of nitrogens with one attached hydrogen (secondary N) is 1. The molecule has 1 N–H and O–H groups in total. The highest BCUT2D eigenvalue weighted by Crippen LogP contribution is 2.34. The summed E-state index contributed by atoms with van der Waals surface area (Å²) in [4.78, 5) is 21.6. The Bertz CT molecular complexity index is 791. The van der Waals surface area contributed by atoms with E-state index in [2.05, 4.69) is 29.2 Å². The first-order chi connectivity index (χ1) is 13.8. The number of quaternary nitrogens is 1. The molecule has 3 fully saturated rings. The molecule has 1 aromatic heterocycles. The Hall–Kier alpha value is -1.46. The van der Waals surface area contributed by atoms with Gasteiger partial charge in [-0.2, -0.15) is 0 Å². The van der Waals surface area contributed by atoms with Gasteiger partial charge in [0, 0.05) is 24.9 Å². The molecule has 0 bridgehead atoms. The number of carbonyl (C=O) groups excluding carboxylic acids is 1. The predicted octanol–water partition coefficient (Wildman–Crippen LogP) is 3.24. The number of nitrogens with zero attached hydrogens (tertiary/aromatic N) is 2. The van der Waals surface area contributed by atoms with Crippen LogP contribution in [0.5, 0.6) is 0 Å². The first kappa shape index (κ1) is 18.6. The van der Waals surface area contributed by atoms with Gasteiger partial charge >= 0.3 is 0 Å². The van der Waals surface area contributed by atoms with E-state index in [0.29, 0.717) is 11.8 Å². The number of hydrogen-bond donors (Lipinski definition) is 1. The molecule has 0 radical (unpaired) electrons. The van der Waals surface area contributed by atoms with Crippen LogP contribution in [0, 0.1) is 5.92 Å². The number of carbonyl (C=O) groups is 1. The first-order valence-corrected chi connectivity index (χ1v) is 12.1. The van der Waals surface area contributed by atoms with Crippen LogP contribution in [-0.4, -0.2) is 48.0 Å². The van der Waals surface area contributed by atoms with Crippen LogP contribution >= 0.6 is 11.3 Å². The minimum Gasteiger partial charge on any atom is -0.338 e. The average molecular weight is 399 g/mol. The monoisotopic (exact) mass is 398 g/mol. The molecule has 28 heavy (non-hydrogen) atoms. The van der Waals surface area contributed by atoms with Crippen molar-refractivity contribution in [3.63, 3.8) is 0 Å². The van der Waals surface area contributed by atoms with E-state index in [-0.39, 0.29) is 0 Å². The van der Waals surface area contributed by atoms with E-state index in [4.69, 9.17) is 4.98 Å². The lowest BCUT2D eigenvalue weighted by atomic mass is 9.78. The minimum absolute atomic E-state index is 0.393. The molecule has 3 atom stereocenters. The van der Waals surface area contributed by atoms with Gasteiger partial charge in [0.25, 0.3) is 5.91 Å². The molecule has 4 nitrogen and oxygen atoms in total. The fourth-order valence-electron chi connectivity index (χ4n) is 5.83. The Morgan fingerprint density at radius 1 is 1.07 bits per heavy atom. The predicted molar refractivity (Wildman–Crippen MR) is 114 cm³/mol. The largest absolute Gasteiger partial charge is 0.338 e. The smallest absolute Gasteiger partial charge is 0.277 e. The summed E-state index contributed by atoms with van der Waals surface area (Å²) in [5.74, 6) is 1.80. The Morgan fingerprint density at radius 2 is 1.86 bits per heavy atom. The third-order valence-corrected chi connectivity index (χ3v) is 8.59. The number of hydrogen-bond acceptors (Lipinski definition) is 3. The third-order valence-electron chi connectivity index (χ3n) is 7.39. The molecule has 0 spiro atoms. The van der Waals surface area contributed by atoms with E-state index in [0.717, 1.165) is 50.0 Å². The molecular formula is C23H32N3OS+. The van der Waals surface area contributed by atoms with E-state index >= 15 is 0 Å². The Balaban J connectivity index is 1.17. The van der Waals surface area contributed by atoms with Gasteiger partial charge < -0.3 is 9.80 Å². The summed E-state index contributed by atoms with van der Waals surface area (Å²) < 4.78 is 1.28. The van der Waals surface area contributed by atoms with Crippen LogP contribution in [0.25, 0.3) is 10.2 Å². The van der Waals surface area contributed by atoms with E-state index in [9.17, 15) is 4.79 Å². The normalized spacial score (nSPS) is 29.0. The van der Waals surface area contributed by atoms with Crippen molar-refractivity contribution in [2.24, 2.45) is 5.92 Å². The maximum Gasteiger partial charge on any atom is 0.277 e. The van der Waals surface area contributed by atoms with E-state index in [1.54, 1.807) is 4.90 Å². The van der Waals surface area contributed by atoms with Crippen LogP contribution in [0.4, 0.5) is 0 Å². The maximum absolute atomic E-state index is 13.0. The molecule has 2 aliphatic heterocycles. The van der Waals surface area contributed by atoms with Gasteiger partial charge in [-0.15, -0.1) is 11.3 Å². The van der Waals surface area contributed by atoms with Gasteiger partial charge in [-0.3, -0.25) is 4.79 Å². The molecule has 1 aromatic carbocycles. The van der Waals surface area contributed by atoms with Crippen LogP contribution < -0.4 is 4.90 Å². The second-order valence-corrected chi connectivity index (χ2v) is 10.1. The fourth-order valence-corrected chi connectivity index (χ4v) is 6.97. The number of fused-ring (bicyclic) bond motifs is 2. The summed E-state index contributed by atoms with van der Waals surface area (Å²) in [6, 6.07) is 9.17. The quantitative estimate of drug-likeness (QED) is 0.862. The maximum atomic E-state index is 13.0. The van der Waals surface area contributed by atoms with Crippen LogP contribution in [-0.2, 0) is 4.79 Å². The van der Waals surface area contributed by atoms with E-state index < -0.39 is 0 Å². The zero-order valence-corrected chi connectivity index (χ0v) is 17.6. The molecule has 1 aliphatic carbocycles. The van der Waals surface area contributed by atoms with Gasteiger partial charge in [0.2, 0.25) is 0 Å². The Labute approximate surface area is 171 Å². The number of aromatic nitrogens is 1. The van der Waals surface area contributed by atoms with Crippen LogP contribution in [0.2, 0.25) is 0 Å². The molecule has 2 aromatic rings. The van der Waals surface area contributed by atoms with Crippen molar-refractivity contribution in [2.75, 3.05) is 26.2 Å². The van der Waals surface area contributed by atoms with Crippen molar-refractivity contribution in [2.45, 2.75) is 63.3 Å². The summed E-state index contributed by atoms with van der Waals surface area (Å²) in [5.41, 5.74) is 1.12. The summed E-state index contributed by atoms with van der Waals surface area (Å²) >= 11 is 1.84. The SMILES string of the molecule is O=C(C[NH+]1CCC[C@H]2CCCC[C@@H]21)N1CCC(c2nc3ccccc3s2)CC1. The molecule has 150 valence electrons. The second kappa shape index (κ2) is 8.11. The second-order valence-electron chi connectivity index (χ2n) is 9.05. The molecule has 1 unspecified atom stereocenters. The van der Waals surface area contributed by atoms with Gasteiger partial charge in [-0.25, -0.2) is 4.98 Å². The van der Waals surface area contributed by atoms with E-state index in [1.165, 1.54) is 54.8 Å². The minimum atomic E-state index is 0.393. The van der Waals surface area contributed by atoms with Crippen molar-refractivity contribution < 1.29 is 9.69 Å². The van der Waals surface area contributed by atoms with Crippen molar-refractivity contribution in [1.82, 2.24) is 9.88 Å². The van der Waals surface area contributed by atoms with E-state index in [1.807, 2.05) is 11.3 Å². The van der Waals surface area contributed by atoms with Gasteiger partial charge in [-0.05, 0) is 57.1 Å². The number of rotatable bonds is 3.